The van der Waals surface area contributed by atoms with Crippen LogP contribution in [0.3, 0.4) is 0 Å². The lowest BCUT2D eigenvalue weighted by molar-refractivity contribution is -0.139. The van der Waals surface area contributed by atoms with Crippen molar-refractivity contribution in [3.63, 3.8) is 0 Å². The van der Waals surface area contributed by atoms with Gasteiger partial charge in [0.2, 0.25) is 0 Å². The van der Waals surface area contributed by atoms with Crippen LogP contribution in [0.25, 0.3) is 0 Å². The molecule has 0 radical (unpaired) electrons. The molecular formula is C19H33N3O2S. The lowest BCUT2D eigenvalue weighted by atomic mass is 9.95. The van der Waals surface area contributed by atoms with Crippen LogP contribution in [0.15, 0.2) is 0 Å². The second-order valence-electron chi connectivity index (χ2n) is 7.87. The number of thioether (sulfide) groups is 1. The highest BCUT2D eigenvalue weighted by molar-refractivity contribution is 7.99. The molecule has 2 N–H and O–H groups in total. The molecule has 1 atom stereocenters. The molecule has 142 valence electrons. The van der Waals surface area contributed by atoms with Crippen LogP contribution in [0.4, 0.5) is 0 Å². The van der Waals surface area contributed by atoms with Gasteiger partial charge in [0, 0.05) is 24.4 Å². The first-order valence-electron chi connectivity index (χ1n) is 10.1. The molecule has 6 heteroatoms. The average Bonchev–Trinajstić information content (AvgIpc) is 3.05. The van der Waals surface area contributed by atoms with Crippen molar-refractivity contribution in [1.82, 2.24) is 15.5 Å². The topological polar surface area (TPSA) is 61.4 Å². The lowest BCUT2D eigenvalue weighted by Crippen LogP contribution is -2.47. The molecule has 5 nitrogen and oxygen atoms in total. The number of hydrogen-bond donors (Lipinski definition) is 2. The summed E-state index contributed by atoms with van der Waals surface area (Å²) in [7, 11) is 0. The number of rotatable bonds is 4. The fourth-order valence-electron chi connectivity index (χ4n) is 4.32. The van der Waals surface area contributed by atoms with Gasteiger partial charge in [-0.05, 0) is 56.9 Å². The van der Waals surface area contributed by atoms with Crippen molar-refractivity contribution >= 4 is 23.6 Å². The normalized spacial score (nSPS) is 27.0. The first-order valence-corrected chi connectivity index (χ1v) is 11.3. The third-order valence-electron chi connectivity index (χ3n) is 6.02. The maximum atomic E-state index is 12.1. The molecule has 0 aromatic rings. The summed E-state index contributed by atoms with van der Waals surface area (Å²) >= 11 is 2.07. The Morgan fingerprint density at radius 2 is 1.64 bits per heavy atom. The molecule has 0 bridgehead atoms. The first kappa shape index (κ1) is 19.0. The van der Waals surface area contributed by atoms with E-state index >= 15 is 0 Å². The van der Waals surface area contributed by atoms with Gasteiger partial charge in [0.15, 0.2) is 0 Å². The maximum absolute atomic E-state index is 12.1. The Bertz CT molecular complexity index is 438. The Morgan fingerprint density at radius 1 is 0.920 bits per heavy atom. The van der Waals surface area contributed by atoms with E-state index in [1.165, 1.54) is 30.8 Å². The molecule has 2 saturated heterocycles. The highest BCUT2D eigenvalue weighted by atomic mass is 32.2. The highest BCUT2D eigenvalue weighted by Crippen LogP contribution is 2.26. The SMILES string of the molecule is O=C(NCC1CCN(C2CCSC2)CC1)C(=O)NC1CCCCCC1. The molecule has 25 heavy (non-hydrogen) atoms. The van der Waals surface area contributed by atoms with Crippen molar-refractivity contribution in [2.24, 2.45) is 5.92 Å². The summed E-state index contributed by atoms with van der Waals surface area (Å²) in [6, 6.07) is 0.958. The predicted octanol–water partition coefficient (Wildman–Crippen LogP) is 2.16. The van der Waals surface area contributed by atoms with Gasteiger partial charge in [0.05, 0.1) is 0 Å². The standard InChI is InChI=1S/C19H33N3O2S/c23-18(19(24)21-16-5-3-1-2-4-6-16)20-13-15-7-10-22(11-8-15)17-9-12-25-14-17/h15-17H,1-14H2,(H,20,23)(H,21,24). The minimum atomic E-state index is -0.445. The molecule has 1 unspecified atom stereocenters. The molecule has 3 fully saturated rings. The number of likely N-dealkylation sites (tertiary alicyclic amines) is 1. The number of nitrogens with one attached hydrogen (secondary N) is 2. The van der Waals surface area contributed by atoms with Crippen molar-refractivity contribution in [3.05, 3.63) is 0 Å². The number of carbonyl (C=O) groups is 2. The minimum absolute atomic E-state index is 0.188. The molecule has 2 heterocycles. The van der Waals surface area contributed by atoms with Crippen LogP contribution in [0.5, 0.6) is 0 Å². The summed E-state index contributed by atoms with van der Waals surface area (Å²) in [5.74, 6) is 2.21. The summed E-state index contributed by atoms with van der Waals surface area (Å²) < 4.78 is 0. The van der Waals surface area contributed by atoms with Gasteiger partial charge >= 0.3 is 11.8 Å². The number of piperidine rings is 1. The third-order valence-corrected chi connectivity index (χ3v) is 7.16. The fraction of sp³-hybridized carbons (Fsp3) is 0.895. The van der Waals surface area contributed by atoms with E-state index in [0.717, 1.165) is 57.7 Å². The summed E-state index contributed by atoms with van der Waals surface area (Å²) in [6.07, 6.45) is 10.4. The smallest absolute Gasteiger partial charge is 0.309 e. The summed E-state index contributed by atoms with van der Waals surface area (Å²) in [5.41, 5.74) is 0. The lowest BCUT2D eigenvalue weighted by Gasteiger charge is -2.35. The van der Waals surface area contributed by atoms with Crippen LogP contribution in [0.2, 0.25) is 0 Å². The van der Waals surface area contributed by atoms with Crippen LogP contribution >= 0.6 is 11.8 Å². The molecule has 2 aliphatic heterocycles. The van der Waals surface area contributed by atoms with Crippen LogP contribution in [0, 0.1) is 5.92 Å². The van der Waals surface area contributed by atoms with E-state index < -0.39 is 11.8 Å². The van der Waals surface area contributed by atoms with Gasteiger partial charge in [-0.2, -0.15) is 11.8 Å². The molecule has 1 aliphatic carbocycles. The largest absolute Gasteiger partial charge is 0.348 e. The van der Waals surface area contributed by atoms with Gasteiger partial charge in [0.1, 0.15) is 0 Å². The quantitative estimate of drug-likeness (QED) is 0.590. The molecular weight excluding hydrogens is 334 g/mol. The zero-order valence-corrected chi connectivity index (χ0v) is 16.1. The molecule has 0 aromatic heterocycles. The zero-order chi connectivity index (χ0) is 17.5. The van der Waals surface area contributed by atoms with Crippen molar-refractivity contribution in [2.45, 2.75) is 69.9 Å². The van der Waals surface area contributed by atoms with E-state index in [2.05, 4.69) is 27.3 Å². The van der Waals surface area contributed by atoms with E-state index in [1.54, 1.807) is 0 Å². The molecule has 0 aromatic carbocycles. The molecule has 2 amide bonds. The Labute approximate surface area is 156 Å². The average molecular weight is 368 g/mol. The van der Waals surface area contributed by atoms with E-state index in [1.807, 2.05) is 0 Å². The summed E-state index contributed by atoms with van der Waals surface area (Å²) in [5, 5.41) is 5.80. The molecule has 3 rings (SSSR count). The fourth-order valence-corrected chi connectivity index (χ4v) is 5.58. The van der Waals surface area contributed by atoms with Crippen LogP contribution in [-0.2, 0) is 9.59 Å². The van der Waals surface area contributed by atoms with E-state index in [4.69, 9.17) is 0 Å². The van der Waals surface area contributed by atoms with Crippen molar-refractivity contribution < 1.29 is 9.59 Å². The second kappa shape index (κ2) is 9.81. The van der Waals surface area contributed by atoms with Crippen LogP contribution in [-0.4, -0.2) is 59.9 Å². The van der Waals surface area contributed by atoms with Gasteiger partial charge in [-0.1, -0.05) is 25.7 Å². The van der Waals surface area contributed by atoms with E-state index in [0.29, 0.717) is 12.5 Å². The molecule has 1 saturated carbocycles. The van der Waals surface area contributed by atoms with E-state index in [9.17, 15) is 9.59 Å². The number of carbonyl (C=O) groups excluding carboxylic acids is 2. The zero-order valence-electron chi connectivity index (χ0n) is 15.3. The summed E-state index contributed by atoms with van der Waals surface area (Å²) in [6.45, 7) is 2.92. The van der Waals surface area contributed by atoms with Crippen molar-refractivity contribution in [3.8, 4) is 0 Å². The Kier molecular flexibility index (Phi) is 7.47. The number of nitrogens with zero attached hydrogens (tertiary/aromatic N) is 1. The van der Waals surface area contributed by atoms with Gasteiger partial charge < -0.3 is 10.6 Å². The number of amides is 2. The first-order chi connectivity index (χ1) is 12.2. The Balaban J connectivity index is 1.32. The predicted molar refractivity (Wildman–Crippen MR) is 103 cm³/mol. The van der Waals surface area contributed by atoms with Crippen molar-refractivity contribution in [2.75, 3.05) is 31.1 Å². The second-order valence-corrected chi connectivity index (χ2v) is 9.02. The third kappa shape index (κ3) is 5.88. The number of hydrogen-bond acceptors (Lipinski definition) is 4. The minimum Gasteiger partial charge on any atom is -0.348 e. The van der Waals surface area contributed by atoms with Crippen molar-refractivity contribution in [1.29, 1.82) is 0 Å². The van der Waals surface area contributed by atoms with Crippen LogP contribution < -0.4 is 10.6 Å². The molecule has 0 spiro atoms. The van der Waals surface area contributed by atoms with E-state index in [-0.39, 0.29) is 6.04 Å². The Morgan fingerprint density at radius 3 is 2.28 bits per heavy atom. The van der Waals surface area contributed by atoms with Gasteiger partial charge in [-0.3, -0.25) is 14.5 Å². The monoisotopic (exact) mass is 367 g/mol. The Hall–Kier alpha value is -0.750. The highest BCUT2D eigenvalue weighted by Gasteiger charge is 2.28. The van der Waals surface area contributed by atoms with Gasteiger partial charge in [-0.25, -0.2) is 0 Å². The van der Waals surface area contributed by atoms with Gasteiger partial charge in [-0.15, -0.1) is 0 Å². The summed E-state index contributed by atoms with van der Waals surface area (Å²) in [4.78, 5) is 26.8. The maximum Gasteiger partial charge on any atom is 0.309 e. The van der Waals surface area contributed by atoms with Gasteiger partial charge in [0.25, 0.3) is 0 Å². The molecule has 3 aliphatic rings. The van der Waals surface area contributed by atoms with Crippen LogP contribution in [0.1, 0.15) is 57.8 Å².